The molecule has 0 aliphatic carbocycles. The van der Waals surface area contributed by atoms with E-state index in [1.807, 2.05) is 4.90 Å². The maximum Gasteiger partial charge on any atom is 0.227 e. The largest absolute Gasteiger partial charge is 0.381 e. The first-order valence-corrected chi connectivity index (χ1v) is 6.24. The van der Waals surface area contributed by atoms with Crippen LogP contribution in [0.3, 0.4) is 0 Å². The van der Waals surface area contributed by atoms with Crippen molar-refractivity contribution in [3.8, 4) is 0 Å². The van der Waals surface area contributed by atoms with Gasteiger partial charge in [-0.15, -0.1) is 0 Å². The number of carbonyl (C=O) groups excluding carboxylic acids is 1. The number of rotatable bonds is 2. The molecule has 2 saturated heterocycles. The van der Waals surface area contributed by atoms with Crippen molar-refractivity contribution in [3.05, 3.63) is 0 Å². The highest BCUT2D eigenvalue weighted by Gasteiger charge is 2.34. The zero-order chi connectivity index (χ0) is 11.5. The molecule has 4 heteroatoms. The Kier molecular flexibility index (Phi) is 3.82. The summed E-state index contributed by atoms with van der Waals surface area (Å²) in [4.78, 5) is 14.3. The van der Waals surface area contributed by atoms with Crippen molar-refractivity contribution in [1.82, 2.24) is 10.2 Å². The molecule has 2 atom stereocenters. The summed E-state index contributed by atoms with van der Waals surface area (Å²) in [6.07, 6.45) is 2.32. The Morgan fingerprint density at radius 3 is 2.50 bits per heavy atom. The minimum atomic E-state index is 0.194. The molecule has 92 valence electrons. The Labute approximate surface area is 97.3 Å². The van der Waals surface area contributed by atoms with Crippen molar-refractivity contribution in [2.24, 2.45) is 11.8 Å². The Hall–Kier alpha value is -0.610. The molecule has 2 aliphatic rings. The highest BCUT2D eigenvalue weighted by molar-refractivity contribution is 5.79. The smallest absolute Gasteiger partial charge is 0.227 e. The summed E-state index contributed by atoms with van der Waals surface area (Å²) >= 11 is 0. The predicted molar refractivity (Wildman–Crippen MR) is 62.1 cm³/mol. The Bertz CT molecular complexity index is 249. The maximum absolute atomic E-state index is 12.3. The van der Waals surface area contributed by atoms with Crippen molar-refractivity contribution in [3.63, 3.8) is 0 Å². The van der Waals surface area contributed by atoms with Gasteiger partial charge in [0.1, 0.15) is 0 Å². The lowest BCUT2D eigenvalue weighted by Crippen LogP contribution is -2.44. The van der Waals surface area contributed by atoms with Gasteiger partial charge in [0.05, 0.1) is 12.0 Å². The molecule has 0 spiro atoms. The first-order valence-electron chi connectivity index (χ1n) is 6.24. The van der Waals surface area contributed by atoms with Crippen molar-refractivity contribution in [2.45, 2.75) is 25.9 Å². The lowest BCUT2D eigenvalue weighted by molar-refractivity contribution is -0.138. The van der Waals surface area contributed by atoms with Crippen molar-refractivity contribution >= 4 is 5.91 Å². The Balaban J connectivity index is 1.86. The van der Waals surface area contributed by atoms with Gasteiger partial charge in [-0.3, -0.25) is 4.79 Å². The van der Waals surface area contributed by atoms with Crippen LogP contribution in [0.4, 0.5) is 0 Å². The molecule has 2 heterocycles. The van der Waals surface area contributed by atoms with Gasteiger partial charge in [-0.05, 0) is 25.3 Å². The molecule has 0 unspecified atom stereocenters. The summed E-state index contributed by atoms with van der Waals surface area (Å²) in [6.45, 7) is 5.71. The Morgan fingerprint density at radius 1 is 1.31 bits per heavy atom. The van der Waals surface area contributed by atoms with Crippen LogP contribution >= 0.6 is 0 Å². The molecule has 0 saturated carbocycles. The van der Waals surface area contributed by atoms with E-state index in [1.54, 1.807) is 7.11 Å². The van der Waals surface area contributed by atoms with E-state index in [9.17, 15) is 4.79 Å². The third-order valence-corrected chi connectivity index (χ3v) is 3.92. The molecule has 0 aromatic rings. The van der Waals surface area contributed by atoms with Crippen molar-refractivity contribution in [1.29, 1.82) is 0 Å². The molecular weight excluding hydrogens is 204 g/mol. The summed E-state index contributed by atoms with van der Waals surface area (Å²) in [6, 6.07) is 0. The van der Waals surface area contributed by atoms with Crippen LogP contribution in [-0.4, -0.2) is 50.2 Å². The average molecular weight is 226 g/mol. The van der Waals surface area contributed by atoms with E-state index in [2.05, 4.69) is 12.2 Å². The second kappa shape index (κ2) is 5.15. The van der Waals surface area contributed by atoms with Crippen LogP contribution in [0.1, 0.15) is 19.8 Å². The van der Waals surface area contributed by atoms with Gasteiger partial charge in [0.15, 0.2) is 0 Å². The molecule has 16 heavy (non-hydrogen) atoms. The first-order chi connectivity index (χ1) is 7.72. The van der Waals surface area contributed by atoms with E-state index in [0.29, 0.717) is 17.9 Å². The monoisotopic (exact) mass is 226 g/mol. The maximum atomic E-state index is 12.3. The van der Waals surface area contributed by atoms with Crippen molar-refractivity contribution in [2.75, 3.05) is 33.3 Å². The number of methoxy groups -OCH3 is 1. The van der Waals surface area contributed by atoms with Gasteiger partial charge in [0.25, 0.3) is 0 Å². The van der Waals surface area contributed by atoms with E-state index < -0.39 is 0 Å². The van der Waals surface area contributed by atoms with Crippen LogP contribution in [0.5, 0.6) is 0 Å². The number of hydrogen-bond acceptors (Lipinski definition) is 3. The second-order valence-corrected chi connectivity index (χ2v) is 5.00. The SMILES string of the molecule is COC1CCN(C(=O)[C@@H]2CNC[C@H]2C)CC1. The van der Waals surface area contributed by atoms with Crippen LogP contribution in [0, 0.1) is 11.8 Å². The molecule has 2 fully saturated rings. The van der Waals surface area contributed by atoms with E-state index in [1.165, 1.54) is 0 Å². The van der Waals surface area contributed by atoms with Crippen molar-refractivity contribution < 1.29 is 9.53 Å². The number of nitrogens with zero attached hydrogens (tertiary/aromatic N) is 1. The van der Waals surface area contributed by atoms with E-state index in [0.717, 1.165) is 39.0 Å². The predicted octanol–water partition coefficient (Wildman–Crippen LogP) is 0.479. The fourth-order valence-electron chi connectivity index (χ4n) is 2.69. The third-order valence-electron chi connectivity index (χ3n) is 3.92. The van der Waals surface area contributed by atoms with Gasteiger partial charge in [-0.2, -0.15) is 0 Å². The number of piperidine rings is 1. The first kappa shape index (κ1) is 11.9. The summed E-state index contributed by atoms with van der Waals surface area (Å²) in [5.74, 6) is 1.01. The van der Waals surface area contributed by atoms with Gasteiger partial charge in [0, 0.05) is 26.7 Å². The molecule has 1 N–H and O–H groups in total. The van der Waals surface area contributed by atoms with E-state index in [-0.39, 0.29) is 5.92 Å². The van der Waals surface area contributed by atoms with Gasteiger partial charge in [-0.1, -0.05) is 6.92 Å². The molecule has 2 aliphatic heterocycles. The average Bonchev–Trinajstić information content (AvgIpc) is 2.75. The van der Waals surface area contributed by atoms with Crippen LogP contribution in [-0.2, 0) is 9.53 Å². The lowest BCUT2D eigenvalue weighted by atomic mass is 9.95. The summed E-state index contributed by atoms with van der Waals surface area (Å²) < 4.78 is 5.32. The fraction of sp³-hybridized carbons (Fsp3) is 0.917. The fourth-order valence-corrected chi connectivity index (χ4v) is 2.69. The number of hydrogen-bond donors (Lipinski definition) is 1. The zero-order valence-electron chi connectivity index (χ0n) is 10.2. The van der Waals surface area contributed by atoms with Crippen LogP contribution in [0.2, 0.25) is 0 Å². The molecule has 0 radical (unpaired) electrons. The van der Waals surface area contributed by atoms with Gasteiger partial charge >= 0.3 is 0 Å². The molecule has 1 amide bonds. The summed E-state index contributed by atoms with van der Waals surface area (Å²) in [7, 11) is 1.76. The molecule has 0 aromatic heterocycles. The number of carbonyl (C=O) groups is 1. The number of likely N-dealkylation sites (tertiary alicyclic amines) is 1. The highest BCUT2D eigenvalue weighted by atomic mass is 16.5. The highest BCUT2D eigenvalue weighted by Crippen LogP contribution is 2.21. The minimum Gasteiger partial charge on any atom is -0.381 e. The van der Waals surface area contributed by atoms with Gasteiger partial charge in [-0.25, -0.2) is 0 Å². The van der Waals surface area contributed by atoms with Crippen LogP contribution in [0.15, 0.2) is 0 Å². The number of ether oxygens (including phenoxy) is 1. The topological polar surface area (TPSA) is 41.6 Å². The number of amides is 1. The second-order valence-electron chi connectivity index (χ2n) is 5.00. The lowest BCUT2D eigenvalue weighted by Gasteiger charge is -2.33. The summed E-state index contributed by atoms with van der Waals surface area (Å²) in [5, 5.41) is 3.29. The van der Waals surface area contributed by atoms with E-state index in [4.69, 9.17) is 4.74 Å². The normalized spacial score (nSPS) is 32.0. The molecule has 2 rings (SSSR count). The van der Waals surface area contributed by atoms with Gasteiger partial charge in [0.2, 0.25) is 5.91 Å². The van der Waals surface area contributed by atoms with E-state index >= 15 is 0 Å². The molecule has 0 aromatic carbocycles. The minimum absolute atomic E-state index is 0.194. The number of nitrogens with one attached hydrogen (secondary N) is 1. The van der Waals surface area contributed by atoms with Crippen LogP contribution < -0.4 is 5.32 Å². The molecular formula is C12H22N2O2. The zero-order valence-corrected chi connectivity index (χ0v) is 10.2. The van der Waals surface area contributed by atoms with Crippen LogP contribution in [0.25, 0.3) is 0 Å². The summed E-state index contributed by atoms with van der Waals surface area (Å²) in [5.41, 5.74) is 0. The third kappa shape index (κ3) is 2.38. The molecule has 0 bridgehead atoms. The van der Waals surface area contributed by atoms with Gasteiger partial charge < -0.3 is 15.0 Å². The quantitative estimate of drug-likeness (QED) is 0.744. The molecule has 4 nitrogen and oxygen atoms in total. The standard InChI is InChI=1S/C12H22N2O2/c1-9-7-13-8-11(9)12(15)14-5-3-10(16-2)4-6-14/h9-11,13H,3-8H2,1-2H3/t9-,11-/m1/s1. The Morgan fingerprint density at radius 2 is 2.00 bits per heavy atom.